The van der Waals surface area contributed by atoms with E-state index in [-0.39, 0.29) is 24.4 Å². The Hall–Kier alpha value is -3.22. The molecule has 0 unspecified atom stereocenters. The van der Waals surface area contributed by atoms with E-state index in [0.717, 1.165) is 42.4 Å². The maximum absolute atomic E-state index is 13.8. The summed E-state index contributed by atoms with van der Waals surface area (Å²) < 4.78 is 1.90. The maximum Gasteiger partial charge on any atom is 0.291 e. The molecule has 0 radical (unpaired) electrons. The summed E-state index contributed by atoms with van der Waals surface area (Å²) in [6.07, 6.45) is 8.41. The van der Waals surface area contributed by atoms with Crippen LogP contribution in [0.2, 0.25) is 0 Å². The van der Waals surface area contributed by atoms with E-state index in [2.05, 4.69) is 15.3 Å². The van der Waals surface area contributed by atoms with E-state index in [1.807, 2.05) is 54.0 Å². The smallest absolute Gasteiger partial charge is 0.291 e. The molecule has 3 aromatic rings. The highest BCUT2D eigenvalue weighted by Crippen LogP contribution is 2.32. The highest BCUT2D eigenvalue weighted by Gasteiger charge is 2.49. The van der Waals surface area contributed by atoms with Crippen molar-refractivity contribution in [3.63, 3.8) is 0 Å². The number of nitrogens with one attached hydrogen (secondary N) is 1. The Labute approximate surface area is 187 Å². The van der Waals surface area contributed by atoms with Gasteiger partial charge in [0.1, 0.15) is 5.54 Å². The number of para-hydroxylation sites is 2. The molecule has 0 bridgehead atoms. The first kappa shape index (κ1) is 20.7. The first-order valence-electron chi connectivity index (χ1n) is 11.5. The van der Waals surface area contributed by atoms with Crippen molar-refractivity contribution in [2.45, 2.75) is 70.1 Å². The highest BCUT2D eigenvalue weighted by atomic mass is 16.2. The van der Waals surface area contributed by atoms with E-state index in [4.69, 9.17) is 0 Å². The van der Waals surface area contributed by atoms with Gasteiger partial charge in [-0.3, -0.25) is 14.6 Å². The number of hydrogen-bond donors (Lipinski definition) is 1. The Balaban J connectivity index is 1.53. The van der Waals surface area contributed by atoms with Crippen LogP contribution in [0.3, 0.4) is 0 Å². The van der Waals surface area contributed by atoms with Crippen LogP contribution in [0, 0.1) is 0 Å². The Bertz CT molecular complexity index is 1130. The van der Waals surface area contributed by atoms with Gasteiger partial charge in [0.2, 0.25) is 5.91 Å². The van der Waals surface area contributed by atoms with Crippen molar-refractivity contribution in [2.24, 2.45) is 0 Å². The van der Waals surface area contributed by atoms with Crippen molar-refractivity contribution in [2.75, 3.05) is 0 Å². The lowest BCUT2D eigenvalue weighted by Gasteiger charge is -2.44. The molecule has 2 aromatic heterocycles. The van der Waals surface area contributed by atoms with Crippen molar-refractivity contribution in [1.82, 2.24) is 24.8 Å². The molecule has 1 aliphatic carbocycles. The van der Waals surface area contributed by atoms with Gasteiger partial charge in [-0.2, -0.15) is 0 Å². The fraction of sp³-hybridized carbons (Fsp3) is 0.440. The van der Waals surface area contributed by atoms with E-state index in [1.54, 1.807) is 11.1 Å². The first-order valence-corrected chi connectivity index (χ1v) is 11.5. The second-order valence-electron chi connectivity index (χ2n) is 9.16. The number of amides is 2. The van der Waals surface area contributed by atoms with Gasteiger partial charge in [-0.15, -0.1) is 0 Å². The quantitative estimate of drug-likeness (QED) is 0.639. The number of aromatic nitrogens is 3. The van der Waals surface area contributed by atoms with E-state index in [1.165, 1.54) is 12.8 Å². The summed E-state index contributed by atoms with van der Waals surface area (Å²) in [5.74, 6) is 0.0376. The monoisotopic (exact) mass is 431 g/mol. The molecule has 7 heteroatoms. The van der Waals surface area contributed by atoms with E-state index < -0.39 is 5.54 Å². The summed E-state index contributed by atoms with van der Waals surface area (Å²) in [4.78, 5) is 38.1. The molecule has 5 rings (SSSR count). The summed E-state index contributed by atoms with van der Waals surface area (Å²) in [6, 6.07) is 13.5. The zero-order chi connectivity index (χ0) is 22.1. The summed E-state index contributed by atoms with van der Waals surface area (Å²) in [5, 5.41) is 3.29. The lowest BCUT2D eigenvalue weighted by atomic mass is 9.93. The van der Waals surface area contributed by atoms with Crippen molar-refractivity contribution in [3.05, 3.63) is 60.2 Å². The van der Waals surface area contributed by atoms with E-state index in [9.17, 15) is 9.59 Å². The molecule has 1 saturated carbocycles. The molecule has 3 heterocycles. The maximum atomic E-state index is 13.8. The molecule has 1 aliphatic heterocycles. The Morgan fingerprint density at radius 2 is 1.84 bits per heavy atom. The van der Waals surface area contributed by atoms with E-state index >= 15 is 0 Å². The van der Waals surface area contributed by atoms with Crippen molar-refractivity contribution in [3.8, 4) is 0 Å². The number of carbonyl (C=O) groups excluding carboxylic acids is 2. The number of hydrogen-bond acceptors (Lipinski definition) is 4. The molecule has 0 spiro atoms. The van der Waals surface area contributed by atoms with Gasteiger partial charge in [-0.1, -0.05) is 43.9 Å². The minimum Gasteiger partial charge on any atom is -0.351 e. The lowest BCUT2D eigenvalue weighted by Crippen LogP contribution is -2.64. The van der Waals surface area contributed by atoms with Crippen LogP contribution in [-0.4, -0.2) is 42.8 Å². The molecular weight excluding hydrogens is 402 g/mol. The van der Waals surface area contributed by atoms with Crippen molar-refractivity contribution < 1.29 is 9.59 Å². The zero-order valence-electron chi connectivity index (χ0n) is 18.5. The molecular formula is C25H29N5O2. The average Bonchev–Trinajstić information content (AvgIpc) is 2.98. The molecule has 2 aliphatic rings. The predicted molar refractivity (Wildman–Crippen MR) is 122 cm³/mol. The SMILES string of the molecule is C[C@@]1(C(=O)NC2CCCCCC2)Cn2c(nc3ccccc32)C(=O)N1Cc1ccccn1. The van der Waals surface area contributed by atoms with Gasteiger partial charge >= 0.3 is 0 Å². The molecule has 2 amide bonds. The van der Waals surface area contributed by atoms with Crippen molar-refractivity contribution >= 4 is 22.8 Å². The summed E-state index contributed by atoms with van der Waals surface area (Å²) in [7, 11) is 0. The van der Waals surface area contributed by atoms with Crippen LogP contribution in [-0.2, 0) is 17.9 Å². The second-order valence-corrected chi connectivity index (χ2v) is 9.16. The molecule has 32 heavy (non-hydrogen) atoms. The fourth-order valence-electron chi connectivity index (χ4n) is 5.00. The van der Waals surface area contributed by atoms with Crippen LogP contribution in [0.4, 0.5) is 0 Å². The normalized spacial score (nSPS) is 21.9. The number of carbonyl (C=O) groups is 2. The summed E-state index contributed by atoms with van der Waals surface area (Å²) in [5.41, 5.74) is 1.35. The highest BCUT2D eigenvalue weighted by molar-refractivity contribution is 6.01. The predicted octanol–water partition coefficient (Wildman–Crippen LogP) is 3.69. The third kappa shape index (κ3) is 3.66. The van der Waals surface area contributed by atoms with Gasteiger partial charge in [0, 0.05) is 12.2 Å². The minimum atomic E-state index is -1.04. The van der Waals surface area contributed by atoms with Crippen LogP contribution in [0.25, 0.3) is 11.0 Å². The fourth-order valence-corrected chi connectivity index (χ4v) is 5.00. The van der Waals surface area contributed by atoms with Gasteiger partial charge in [-0.25, -0.2) is 4.98 Å². The lowest BCUT2D eigenvalue weighted by molar-refractivity contribution is -0.134. The standard InChI is InChI=1S/C25H29N5O2/c1-25(24(32)27-18-10-4-2-3-5-11-18)17-29-21-14-7-6-13-20(21)28-22(29)23(31)30(25)16-19-12-8-9-15-26-19/h6-9,12-15,18H,2-5,10-11,16-17H2,1H3,(H,27,32)/t25-/m0/s1. The largest absolute Gasteiger partial charge is 0.351 e. The molecule has 1 N–H and O–H groups in total. The molecule has 1 atom stereocenters. The van der Waals surface area contributed by atoms with Crippen LogP contribution in [0.15, 0.2) is 48.7 Å². The number of fused-ring (bicyclic) bond motifs is 3. The Morgan fingerprint density at radius 3 is 2.59 bits per heavy atom. The summed E-state index contributed by atoms with van der Waals surface area (Å²) in [6.45, 7) is 2.50. The van der Waals surface area contributed by atoms with Gasteiger partial charge in [0.25, 0.3) is 5.91 Å². The number of rotatable bonds is 4. The van der Waals surface area contributed by atoms with Gasteiger partial charge in [0.15, 0.2) is 5.82 Å². The number of benzene rings is 1. The number of imidazole rings is 1. The summed E-state index contributed by atoms with van der Waals surface area (Å²) >= 11 is 0. The Morgan fingerprint density at radius 1 is 1.09 bits per heavy atom. The van der Waals surface area contributed by atoms with Gasteiger partial charge in [0.05, 0.1) is 29.8 Å². The third-order valence-electron chi connectivity index (χ3n) is 6.88. The molecule has 0 saturated heterocycles. The molecule has 7 nitrogen and oxygen atoms in total. The zero-order valence-corrected chi connectivity index (χ0v) is 18.5. The van der Waals surface area contributed by atoms with Crippen LogP contribution in [0.1, 0.15) is 61.8 Å². The van der Waals surface area contributed by atoms with Crippen molar-refractivity contribution in [1.29, 1.82) is 0 Å². The van der Waals surface area contributed by atoms with Crippen LogP contribution in [0.5, 0.6) is 0 Å². The molecule has 1 aromatic carbocycles. The molecule has 1 fully saturated rings. The minimum absolute atomic E-state index is 0.0999. The molecule has 166 valence electrons. The van der Waals surface area contributed by atoms with Gasteiger partial charge in [-0.05, 0) is 44.0 Å². The van der Waals surface area contributed by atoms with E-state index in [0.29, 0.717) is 12.4 Å². The third-order valence-corrected chi connectivity index (χ3v) is 6.88. The number of pyridine rings is 1. The van der Waals surface area contributed by atoms with Crippen LogP contribution < -0.4 is 5.32 Å². The Kier molecular flexibility index (Phi) is 5.41. The topological polar surface area (TPSA) is 80.1 Å². The van der Waals surface area contributed by atoms with Crippen LogP contribution >= 0.6 is 0 Å². The average molecular weight is 432 g/mol. The number of nitrogens with zero attached hydrogens (tertiary/aromatic N) is 4. The van der Waals surface area contributed by atoms with Gasteiger partial charge < -0.3 is 14.8 Å². The first-order chi connectivity index (χ1) is 15.6. The second kappa shape index (κ2) is 8.37.